The molecule has 0 radical (unpaired) electrons. The zero-order valence-electron chi connectivity index (χ0n) is 12.2. The number of nitrogens with zero attached hydrogens (tertiary/aromatic N) is 1. The average Bonchev–Trinajstić information content (AvgIpc) is 2.94. The topological polar surface area (TPSA) is 35.5 Å². The van der Waals surface area contributed by atoms with Gasteiger partial charge in [-0.2, -0.15) is 0 Å². The molecule has 1 aromatic rings. The molecule has 1 atom stereocenters. The van der Waals surface area contributed by atoms with E-state index < -0.39 is 0 Å². The van der Waals surface area contributed by atoms with Crippen molar-refractivity contribution in [3.05, 3.63) is 21.9 Å². The van der Waals surface area contributed by atoms with Gasteiger partial charge >= 0.3 is 0 Å². The van der Waals surface area contributed by atoms with Crippen LogP contribution in [0.3, 0.4) is 0 Å². The lowest BCUT2D eigenvalue weighted by Gasteiger charge is -2.30. The van der Waals surface area contributed by atoms with E-state index >= 15 is 0 Å². The lowest BCUT2D eigenvalue weighted by molar-refractivity contribution is 0.0820. The molecule has 1 fully saturated rings. The van der Waals surface area contributed by atoms with Crippen LogP contribution < -0.4 is 5.32 Å². The molecule has 0 spiro atoms. The van der Waals surface area contributed by atoms with Crippen molar-refractivity contribution in [1.29, 1.82) is 0 Å². The molecule has 2 N–H and O–H groups in total. The predicted molar refractivity (Wildman–Crippen MR) is 84.3 cm³/mol. The van der Waals surface area contributed by atoms with Crippen molar-refractivity contribution in [2.45, 2.75) is 50.7 Å². The van der Waals surface area contributed by atoms with E-state index in [1.165, 1.54) is 32.2 Å². The van der Waals surface area contributed by atoms with Crippen molar-refractivity contribution < 1.29 is 5.11 Å². The molecule has 0 saturated carbocycles. The van der Waals surface area contributed by atoms with Gasteiger partial charge < -0.3 is 15.3 Å². The normalized spacial score (nSPS) is 24.8. The minimum absolute atomic E-state index is 0.0522. The van der Waals surface area contributed by atoms with Crippen molar-refractivity contribution in [2.75, 3.05) is 26.2 Å². The Bertz CT molecular complexity index is 412. The molecule has 2 heterocycles. The van der Waals surface area contributed by atoms with Gasteiger partial charge in [-0.25, -0.2) is 0 Å². The molecule has 1 saturated heterocycles. The van der Waals surface area contributed by atoms with Crippen LogP contribution in [-0.4, -0.2) is 42.3 Å². The van der Waals surface area contributed by atoms with Crippen LogP contribution in [0.25, 0.3) is 0 Å². The number of nitrogens with one attached hydrogen (secondary N) is 1. The van der Waals surface area contributed by atoms with Gasteiger partial charge in [0, 0.05) is 24.0 Å². The summed E-state index contributed by atoms with van der Waals surface area (Å²) in [7, 11) is 0. The molecule has 1 aliphatic carbocycles. The third-order valence-electron chi connectivity index (χ3n) is 4.65. The molecule has 20 heavy (non-hydrogen) atoms. The number of fused-ring (bicyclic) bond motifs is 1. The number of aliphatic hydroxyl groups excluding tert-OH is 1. The largest absolute Gasteiger partial charge is 0.393 e. The number of hydrogen-bond acceptors (Lipinski definition) is 4. The third kappa shape index (κ3) is 3.61. The second-order valence-electron chi connectivity index (χ2n) is 6.12. The van der Waals surface area contributed by atoms with Crippen molar-refractivity contribution in [3.8, 4) is 0 Å². The molecule has 3 nitrogen and oxygen atoms in total. The van der Waals surface area contributed by atoms with E-state index in [1.807, 2.05) is 11.3 Å². The van der Waals surface area contributed by atoms with E-state index in [9.17, 15) is 5.11 Å². The summed E-state index contributed by atoms with van der Waals surface area (Å²) in [5.41, 5.74) is 1.56. The second kappa shape index (κ2) is 7.03. The molecule has 1 aromatic heterocycles. The van der Waals surface area contributed by atoms with Gasteiger partial charge in [-0.05, 0) is 68.6 Å². The Balaban J connectivity index is 1.37. The summed E-state index contributed by atoms with van der Waals surface area (Å²) < 4.78 is 0. The number of aryl methyl sites for hydroxylation is 1. The van der Waals surface area contributed by atoms with E-state index in [0.29, 0.717) is 6.04 Å². The van der Waals surface area contributed by atoms with Crippen molar-refractivity contribution in [3.63, 3.8) is 0 Å². The number of aliphatic hydroxyl groups is 1. The van der Waals surface area contributed by atoms with Gasteiger partial charge in [0.05, 0.1) is 6.10 Å². The first kappa shape index (κ1) is 14.5. The highest BCUT2D eigenvalue weighted by molar-refractivity contribution is 7.10. The van der Waals surface area contributed by atoms with E-state index in [2.05, 4.69) is 21.7 Å². The van der Waals surface area contributed by atoms with Crippen LogP contribution in [0.15, 0.2) is 11.4 Å². The van der Waals surface area contributed by atoms with E-state index in [0.717, 1.165) is 32.5 Å². The fourth-order valence-electron chi connectivity index (χ4n) is 3.42. The maximum absolute atomic E-state index is 9.50. The Morgan fingerprint density at radius 1 is 1.30 bits per heavy atom. The van der Waals surface area contributed by atoms with Crippen molar-refractivity contribution in [1.82, 2.24) is 10.2 Å². The van der Waals surface area contributed by atoms with Crippen LogP contribution in [0, 0.1) is 0 Å². The zero-order valence-corrected chi connectivity index (χ0v) is 13.0. The highest BCUT2D eigenvalue weighted by Gasteiger charge is 2.20. The van der Waals surface area contributed by atoms with Crippen LogP contribution in [0.1, 0.15) is 48.6 Å². The van der Waals surface area contributed by atoms with Crippen LogP contribution in [0.5, 0.6) is 0 Å². The summed E-state index contributed by atoms with van der Waals surface area (Å²) in [6, 6.07) is 2.90. The van der Waals surface area contributed by atoms with Crippen molar-refractivity contribution in [2.24, 2.45) is 0 Å². The Morgan fingerprint density at radius 3 is 3.00 bits per heavy atom. The Hall–Kier alpha value is -0.420. The summed E-state index contributed by atoms with van der Waals surface area (Å²) in [5, 5.41) is 15.5. The summed E-state index contributed by atoms with van der Waals surface area (Å²) in [5.74, 6) is 0. The van der Waals surface area contributed by atoms with Gasteiger partial charge in [-0.3, -0.25) is 0 Å². The first-order chi connectivity index (χ1) is 9.83. The number of rotatable bonds is 5. The molecular weight excluding hydrogens is 268 g/mol. The highest BCUT2D eigenvalue weighted by Crippen LogP contribution is 2.33. The third-order valence-corrected chi connectivity index (χ3v) is 5.65. The van der Waals surface area contributed by atoms with Gasteiger partial charge in [-0.1, -0.05) is 0 Å². The molecule has 2 aliphatic rings. The predicted octanol–water partition coefficient (Wildman–Crippen LogP) is 2.56. The van der Waals surface area contributed by atoms with Gasteiger partial charge in [-0.15, -0.1) is 11.3 Å². The van der Waals surface area contributed by atoms with Gasteiger partial charge in [0.15, 0.2) is 0 Å². The molecule has 112 valence electrons. The summed E-state index contributed by atoms with van der Waals surface area (Å²) in [4.78, 5) is 4.09. The van der Waals surface area contributed by atoms with Gasteiger partial charge in [0.25, 0.3) is 0 Å². The summed E-state index contributed by atoms with van der Waals surface area (Å²) in [6.07, 6.45) is 6.97. The fraction of sp³-hybridized carbons (Fsp3) is 0.750. The molecular formula is C16H26N2OS. The van der Waals surface area contributed by atoms with E-state index in [4.69, 9.17) is 0 Å². The molecule has 0 amide bonds. The molecule has 1 unspecified atom stereocenters. The highest BCUT2D eigenvalue weighted by atomic mass is 32.1. The smallest absolute Gasteiger partial charge is 0.0564 e. The molecule has 3 rings (SSSR count). The minimum atomic E-state index is -0.0522. The number of thiophene rings is 1. The molecule has 1 aliphatic heterocycles. The molecule has 4 heteroatoms. The first-order valence-corrected chi connectivity index (χ1v) is 8.91. The number of piperidine rings is 1. The summed E-state index contributed by atoms with van der Waals surface area (Å²) >= 11 is 1.92. The SMILES string of the molecule is OC1CCN(CCCNC2CCCc3sccc32)CC1. The lowest BCUT2D eigenvalue weighted by Crippen LogP contribution is -2.37. The molecule has 0 bridgehead atoms. The van der Waals surface area contributed by atoms with Gasteiger partial charge in [0.2, 0.25) is 0 Å². The number of hydrogen-bond donors (Lipinski definition) is 2. The Morgan fingerprint density at radius 2 is 2.15 bits per heavy atom. The van der Waals surface area contributed by atoms with Crippen LogP contribution in [0.4, 0.5) is 0 Å². The minimum Gasteiger partial charge on any atom is -0.393 e. The second-order valence-corrected chi connectivity index (χ2v) is 7.13. The quantitative estimate of drug-likeness (QED) is 0.819. The van der Waals surface area contributed by atoms with Crippen LogP contribution >= 0.6 is 11.3 Å². The van der Waals surface area contributed by atoms with E-state index in [1.54, 1.807) is 10.4 Å². The standard InChI is InChI=1S/C16H26N2OS/c19-13-5-10-18(11-6-13)9-2-8-17-15-3-1-4-16-14(15)7-12-20-16/h7,12-13,15,17,19H,1-6,8-11H2. The van der Waals surface area contributed by atoms with E-state index in [-0.39, 0.29) is 6.10 Å². The maximum Gasteiger partial charge on any atom is 0.0564 e. The maximum atomic E-state index is 9.50. The average molecular weight is 294 g/mol. The Labute approximate surface area is 126 Å². The monoisotopic (exact) mass is 294 g/mol. The molecule has 0 aromatic carbocycles. The first-order valence-electron chi connectivity index (χ1n) is 8.03. The lowest BCUT2D eigenvalue weighted by atomic mass is 9.94. The Kier molecular flexibility index (Phi) is 5.10. The van der Waals surface area contributed by atoms with Crippen LogP contribution in [-0.2, 0) is 6.42 Å². The van der Waals surface area contributed by atoms with Crippen molar-refractivity contribution >= 4 is 11.3 Å². The number of likely N-dealkylation sites (tertiary alicyclic amines) is 1. The van der Waals surface area contributed by atoms with Gasteiger partial charge in [0.1, 0.15) is 0 Å². The van der Waals surface area contributed by atoms with Crippen LogP contribution in [0.2, 0.25) is 0 Å². The summed E-state index contributed by atoms with van der Waals surface area (Å²) in [6.45, 7) is 4.42. The zero-order chi connectivity index (χ0) is 13.8. The fourth-order valence-corrected chi connectivity index (χ4v) is 4.41.